The van der Waals surface area contributed by atoms with Crippen molar-refractivity contribution in [2.75, 3.05) is 23.7 Å². The number of urea groups is 1. The summed E-state index contributed by atoms with van der Waals surface area (Å²) in [6.45, 7) is 4.91. The predicted octanol–water partition coefficient (Wildman–Crippen LogP) is 1.19. The third-order valence-electron chi connectivity index (χ3n) is 3.86. The molecule has 0 unspecified atom stereocenters. The number of amides is 3. The highest BCUT2D eigenvalue weighted by Crippen LogP contribution is 2.20. The van der Waals surface area contributed by atoms with Crippen molar-refractivity contribution in [3.05, 3.63) is 23.8 Å². The molecule has 23 heavy (non-hydrogen) atoms. The SMILES string of the molecule is CCC(=O)Nc1cc(NC(=O)N[C@@H]2CCNC[C@H]2O)ccc1C. The number of rotatable bonds is 4. The number of aryl methyl sites for hydroxylation is 1. The number of hydrogen-bond donors (Lipinski definition) is 5. The Hall–Kier alpha value is -2.12. The zero-order valence-corrected chi connectivity index (χ0v) is 13.5. The molecule has 1 heterocycles. The molecule has 0 aliphatic carbocycles. The number of β-amino-alcohol motifs (C(OH)–C–C–N with tert-alkyl or cyclic N) is 1. The maximum Gasteiger partial charge on any atom is 0.319 e. The van der Waals surface area contributed by atoms with Gasteiger partial charge in [-0.25, -0.2) is 4.79 Å². The molecule has 1 saturated heterocycles. The van der Waals surface area contributed by atoms with Crippen LogP contribution < -0.4 is 21.3 Å². The molecule has 1 aliphatic heterocycles. The van der Waals surface area contributed by atoms with Gasteiger partial charge in [0.05, 0.1) is 12.1 Å². The van der Waals surface area contributed by atoms with Crippen LogP contribution >= 0.6 is 0 Å². The van der Waals surface area contributed by atoms with Crippen LogP contribution in [0, 0.1) is 6.92 Å². The van der Waals surface area contributed by atoms with Gasteiger partial charge < -0.3 is 26.4 Å². The molecule has 2 rings (SSSR count). The van der Waals surface area contributed by atoms with Crippen molar-refractivity contribution in [2.24, 2.45) is 0 Å². The fraction of sp³-hybridized carbons (Fsp3) is 0.500. The standard InChI is InChI=1S/C16H24N4O3/c1-3-15(22)19-13-8-11(5-4-10(13)2)18-16(23)20-12-6-7-17-9-14(12)21/h4-5,8,12,14,17,21H,3,6-7,9H2,1-2H3,(H,19,22)(H2,18,20,23)/t12-,14-/m1/s1. The minimum absolute atomic E-state index is 0.0764. The monoisotopic (exact) mass is 320 g/mol. The zero-order valence-electron chi connectivity index (χ0n) is 13.5. The van der Waals surface area contributed by atoms with E-state index in [1.807, 2.05) is 13.0 Å². The van der Waals surface area contributed by atoms with Crippen LogP contribution in [0.25, 0.3) is 0 Å². The molecule has 1 aliphatic rings. The number of benzene rings is 1. The number of carbonyl (C=O) groups is 2. The maximum absolute atomic E-state index is 12.1. The summed E-state index contributed by atoms with van der Waals surface area (Å²) in [7, 11) is 0. The Morgan fingerprint density at radius 3 is 2.83 bits per heavy atom. The van der Waals surface area contributed by atoms with Gasteiger partial charge in [-0.15, -0.1) is 0 Å². The van der Waals surface area contributed by atoms with Crippen molar-refractivity contribution in [1.82, 2.24) is 10.6 Å². The first kappa shape index (κ1) is 17.2. The van der Waals surface area contributed by atoms with E-state index in [-0.39, 0.29) is 18.0 Å². The second kappa shape index (κ2) is 7.94. The predicted molar refractivity (Wildman–Crippen MR) is 89.5 cm³/mol. The lowest BCUT2D eigenvalue weighted by atomic mass is 10.0. The number of anilines is 2. The maximum atomic E-state index is 12.1. The van der Waals surface area contributed by atoms with E-state index in [0.717, 1.165) is 12.1 Å². The normalized spacial score (nSPS) is 20.7. The van der Waals surface area contributed by atoms with Gasteiger partial charge in [-0.3, -0.25) is 4.79 Å². The van der Waals surface area contributed by atoms with Gasteiger partial charge >= 0.3 is 6.03 Å². The average molecular weight is 320 g/mol. The number of nitrogens with one attached hydrogen (secondary N) is 4. The summed E-state index contributed by atoms with van der Waals surface area (Å²) in [5.74, 6) is -0.0764. The third-order valence-corrected chi connectivity index (χ3v) is 3.86. The number of piperidine rings is 1. The Morgan fingerprint density at radius 2 is 2.13 bits per heavy atom. The smallest absolute Gasteiger partial charge is 0.319 e. The molecule has 5 N–H and O–H groups in total. The van der Waals surface area contributed by atoms with E-state index in [2.05, 4.69) is 21.3 Å². The fourth-order valence-electron chi connectivity index (χ4n) is 2.42. The van der Waals surface area contributed by atoms with Crippen molar-refractivity contribution in [3.8, 4) is 0 Å². The van der Waals surface area contributed by atoms with Crippen LogP contribution in [-0.2, 0) is 4.79 Å². The molecule has 0 saturated carbocycles. The first-order valence-electron chi connectivity index (χ1n) is 7.86. The molecular formula is C16H24N4O3. The lowest BCUT2D eigenvalue weighted by Crippen LogP contribution is -2.53. The highest BCUT2D eigenvalue weighted by atomic mass is 16.3. The molecule has 3 amide bonds. The lowest BCUT2D eigenvalue weighted by molar-refractivity contribution is -0.115. The highest BCUT2D eigenvalue weighted by molar-refractivity contribution is 5.94. The molecule has 126 valence electrons. The number of aliphatic hydroxyl groups is 1. The number of hydrogen-bond acceptors (Lipinski definition) is 4. The molecule has 0 bridgehead atoms. The average Bonchev–Trinajstić information content (AvgIpc) is 2.52. The Balaban J connectivity index is 1.97. The number of carbonyl (C=O) groups excluding carboxylic acids is 2. The highest BCUT2D eigenvalue weighted by Gasteiger charge is 2.24. The number of aliphatic hydroxyl groups excluding tert-OH is 1. The summed E-state index contributed by atoms with van der Waals surface area (Å²) < 4.78 is 0. The zero-order chi connectivity index (χ0) is 16.8. The first-order valence-corrected chi connectivity index (χ1v) is 7.86. The van der Waals surface area contributed by atoms with Crippen LogP contribution in [0.4, 0.5) is 16.2 Å². The van der Waals surface area contributed by atoms with Gasteiger partial charge in [0.1, 0.15) is 0 Å². The Morgan fingerprint density at radius 1 is 1.35 bits per heavy atom. The van der Waals surface area contributed by atoms with E-state index < -0.39 is 6.10 Å². The fourth-order valence-corrected chi connectivity index (χ4v) is 2.42. The van der Waals surface area contributed by atoms with E-state index in [4.69, 9.17) is 0 Å². The Bertz CT molecular complexity index is 576. The molecule has 7 heteroatoms. The van der Waals surface area contributed by atoms with Crippen molar-refractivity contribution in [1.29, 1.82) is 0 Å². The lowest BCUT2D eigenvalue weighted by Gasteiger charge is -2.29. The van der Waals surface area contributed by atoms with Crippen molar-refractivity contribution >= 4 is 23.3 Å². The van der Waals surface area contributed by atoms with Crippen LogP contribution in [0.1, 0.15) is 25.3 Å². The van der Waals surface area contributed by atoms with Crippen LogP contribution in [-0.4, -0.2) is 42.3 Å². The topological polar surface area (TPSA) is 102 Å². The second-order valence-corrected chi connectivity index (χ2v) is 5.70. The van der Waals surface area contributed by atoms with E-state index in [1.54, 1.807) is 19.1 Å². The summed E-state index contributed by atoms with van der Waals surface area (Å²) in [5.41, 5.74) is 2.19. The molecule has 1 aromatic carbocycles. The van der Waals surface area contributed by atoms with E-state index in [1.165, 1.54) is 0 Å². The molecular weight excluding hydrogens is 296 g/mol. The minimum atomic E-state index is -0.591. The van der Waals surface area contributed by atoms with Gasteiger partial charge in [-0.05, 0) is 37.6 Å². The summed E-state index contributed by atoms with van der Waals surface area (Å²) >= 11 is 0. The van der Waals surface area contributed by atoms with E-state index in [9.17, 15) is 14.7 Å². The summed E-state index contributed by atoms with van der Waals surface area (Å²) in [6.07, 6.45) is 0.484. The van der Waals surface area contributed by atoms with Gasteiger partial charge in [0, 0.05) is 24.3 Å². The third kappa shape index (κ3) is 4.94. The van der Waals surface area contributed by atoms with Crippen molar-refractivity contribution in [2.45, 2.75) is 38.8 Å². The van der Waals surface area contributed by atoms with E-state index in [0.29, 0.717) is 30.8 Å². The molecule has 0 spiro atoms. The van der Waals surface area contributed by atoms with Crippen LogP contribution in [0.3, 0.4) is 0 Å². The first-order chi connectivity index (χ1) is 11.0. The molecule has 7 nitrogen and oxygen atoms in total. The van der Waals surface area contributed by atoms with E-state index >= 15 is 0 Å². The Labute approximate surface area is 135 Å². The van der Waals surface area contributed by atoms with Crippen LogP contribution in [0.15, 0.2) is 18.2 Å². The summed E-state index contributed by atoms with van der Waals surface area (Å²) in [6, 6.07) is 4.70. The molecule has 0 aromatic heterocycles. The van der Waals surface area contributed by atoms with Crippen LogP contribution in [0.5, 0.6) is 0 Å². The molecule has 1 aromatic rings. The largest absolute Gasteiger partial charge is 0.390 e. The summed E-state index contributed by atoms with van der Waals surface area (Å²) in [5, 5.41) is 21.2. The quantitative estimate of drug-likeness (QED) is 0.575. The second-order valence-electron chi connectivity index (χ2n) is 5.70. The molecule has 0 radical (unpaired) electrons. The molecule has 2 atom stereocenters. The van der Waals surface area contributed by atoms with Crippen molar-refractivity contribution in [3.63, 3.8) is 0 Å². The van der Waals surface area contributed by atoms with Gasteiger partial charge in [-0.1, -0.05) is 13.0 Å². The van der Waals surface area contributed by atoms with Crippen LogP contribution in [0.2, 0.25) is 0 Å². The van der Waals surface area contributed by atoms with Crippen molar-refractivity contribution < 1.29 is 14.7 Å². The van der Waals surface area contributed by atoms with Gasteiger partial charge in [-0.2, -0.15) is 0 Å². The minimum Gasteiger partial charge on any atom is -0.390 e. The van der Waals surface area contributed by atoms with Gasteiger partial charge in [0.15, 0.2) is 0 Å². The van der Waals surface area contributed by atoms with Gasteiger partial charge in [0.25, 0.3) is 0 Å². The van der Waals surface area contributed by atoms with Gasteiger partial charge in [0.2, 0.25) is 5.91 Å². The summed E-state index contributed by atoms with van der Waals surface area (Å²) in [4.78, 5) is 23.6. The Kier molecular flexibility index (Phi) is 5.95. The molecule has 1 fully saturated rings.